The largest absolute Gasteiger partial charge is 0.397 e. The first-order chi connectivity index (χ1) is 9.74. The summed E-state index contributed by atoms with van der Waals surface area (Å²) in [6, 6.07) is 1.14. The molecule has 21 heavy (non-hydrogen) atoms. The third-order valence-electron chi connectivity index (χ3n) is 7.18. The average Bonchev–Trinajstić information content (AvgIpc) is 2.47. The topological polar surface area (TPSA) is 18.5 Å². The van der Waals surface area contributed by atoms with Crippen molar-refractivity contribution in [3.63, 3.8) is 0 Å². The van der Waals surface area contributed by atoms with Gasteiger partial charge in [-0.25, -0.2) is 0 Å². The average molecular weight is 315 g/mol. The zero-order chi connectivity index (χ0) is 16.3. The second-order valence-electron chi connectivity index (χ2n) is 7.89. The molecule has 0 radical (unpaired) electrons. The second-order valence-corrected chi connectivity index (χ2v) is 11.7. The van der Waals surface area contributed by atoms with E-state index in [1.165, 1.54) is 32.1 Å². The molecule has 0 N–H and O–H groups in total. The molecule has 0 saturated heterocycles. The Morgan fingerprint density at radius 2 is 1.62 bits per heavy atom. The molecule has 0 spiro atoms. The van der Waals surface area contributed by atoms with Gasteiger partial charge in [0.1, 0.15) is 0 Å². The molecule has 0 bridgehead atoms. The molecule has 1 aliphatic carbocycles. The Morgan fingerprint density at radius 1 is 1.10 bits per heavy atom. The summed E-state index contributed by atoms with van der Waals surface area (Å²) < 4.78 is 12.5. The molecule has 2 nitrogen and oxygen atoms in total. The fraction of sp³-hybridized carbons (Fsp3) is 1.00. The normalized spacial score (nSPS) is 29.9. The Labute approximate surface area is 134 Å². The predicted molar refractivity (Wildman–Crippen MR) is 93.8 cm³/mol. The van der Waals surface area contributed by atoms with Crippen LogP contribution in [0.15, 0.2) is 0 Å². The van der Waals surface area contributed by atoms with E-state index in [9.17, 15) is 0 Å². The van der Waals surface area contributed by atoms with E-state index in [2.05, 4.69) is 41.5 Å². The van der Waals surface area contributed by atoms with E-state index in [0.29, 0.717) is 0 Å². The second kappa shape index (κ2) is 7.14. The maximum Gasteiger partial charge on any atom is 0.344 e. The van der Waals surface area contributed by atoms with Gasteiger partial charge in [-0.1, -0.05) is 67.2 Å². The predicted octanol–water partition coefficient (Wildman–Crippen LogP) is 5.76. The van der Waals surface area contributed by atoms with E-state index in [1.807, 2.05) is 14.2 Å². The highest BCUT2D eigenvalue weighted by molar-refractivity contribution is 6.71. The van der Waals surface area contributed by atoms with Crippen LogP contribution >= 0.6 is 0 Å². The zero-order valence-corrected chi connectivity index (χ0v) is 16.7. The van der Waals surface area contributed by atoms with Gasteiger partial charge >= 0.3 is 8.56 Å². The van der Waals surface area contributed by atoms with Crippen LogP contribution in [0.4, 0.5) is 0 Å². The summed E-state index contributed by atoms with van der Waals surface area (Å²) in [5.41, 5.74) is 0.273. The fourth-order valence-electron chi connectivity index (χ4n) is 4.55. The molecule has 2 unspecified atom stereocenters. The molecule has 126 valence electrons. The van der Waals surface area contributed by atoms with Crippen molar-refractivity contribution in [1.29, 1.82) is 0 Å². The number of hydrogen-bond donors (Lipinski definition) is 0. The molecule has 1 aliphatic rings. The first-order valence-corrected chi connectivity index (χ1v) is 10.9. The maximum absolute atomic E-state index is 6.26. The summed E-state index contributed by atoms with van der Waals surface area (Å²) in [7, 11) is 1.55. The maximum atomic E-state index is 6.26. The lowest BCUT2D eigenvalue weighted by Crippen LogP contribution is -2.60. The molecule has 1 saturated carbocycles. The molecule has 1 fully saturated rings. The van der Waals surface area contributed by atoms with Gasteiger partial charge in [0.25, 0.3) is 0 Å². The molecule has 0 amide bonds. The van der Waals surface area contributed by atoms with Crippen molar-refractivity contribution in [2.45, 2.75) is 84.7 Å². The fourth-order valence-corrected chi connectivity index (χ4v) is 9.53. The lowest BCUT2D eigenvalue weighted by Gasteiger charge is -2.58. The monoisotopic (exact) mass is 314 g/mol. The molecule has 0 aromatic rings. The SMILES string of the molecule is CCC(CC)C[Si](OC)(OC)C1(C)CCCC(C)C1(C)C. The summed E-state index contributed by atoms with van der Waals surface area (Å²) in [4.78, 5) is 0. The van der Waals surface area contributed by atoms with Crippen molar-refractivity contribution < 1.29 is 8.85 Å². The molecule has 3 heteroatoms. The Morgan fingerprint density at radius 3 is 2.05 bits per heavy atom. The van der Waals surface area contributed by atoms with Crippen LogP contribution in [0.2, 0.25) is 11.1 Å². The Hall–Kier alpha value is 0.137. The smallest absolute Gasteiger partial charge is 0.344 e. The highest BCUT2D eigenvalue weighted by atomic mass is 28.4. The van der Waals surface area contributed by atoms with Crippen LogP contribution in [-0.4, -0.2) is 22.8 Å². The van der Waals surface area contributed by atoms with Gasteiger partial charge in [-0.15, -0.1) is 0 Å². The first-order valence-electron chi connectivity index (χ1n) is 8.85. The van der Waals surface area contributed by atoms with Gasteiger partial charge in [-0.05, 0) is 29.7 Å². The Kier molecular flexibility index (Phi) is 6.52. The van der Waals surface area contributed by atoms with Crippen molar-refractivity contribution >= 4 is 8.56 Å². The summed E-state index contributed by atoms with van der Waals surface area (Å²) >= 11 is 0. The minimum atomic E-state index is -2.25. The molecule has 0 aromatic heterocycles. The van der Waals surface area contributed by atoms with Crippen LogP contribution < -0.4 is 0 Å². The van der Waals surface area contributed by atoms with Crippen molar-refractivity contribution in [3.05, 3.63) is 0 Å². The summed E-state index contributed by atoms with van der Waals surface area (Å²) in [6.07, 6.45) is 6.35. The van der Waals surface area contributed by atoms with Crippen LogP contribution in [0, 0.1) is 17.3 Å². The third-order valence-corrected chi connectivity index (χ3v) is 12.2. The number of hydrogen-bond acceptors (Lipinski definition) is 2. The molecular weight excluding hydrogens is 276 g/mol. The minimum absolute atomic E-state index is 0.184. The van der Waals surface area contributed by atoms with Crippen LogP contribution in [0.5, 0.6) is 0 Å². The van der Waals surface area contributed by atoms with Crippen LogP contribution in [0.1, 0.15) is 73.6 Å². The van der Waals surface area contributed by atoms with Crippen LogP contribution in [-0.2, 0) is 8.85 Å². The summed E-state index contributed by atoms with van der Waals surface area (Å²) in [6.45, 7) is 14.4. The molecule has 0 aliphatic heterocycles. The highest BCUT2D eigenvalue weighted by Crippen LogP contribution is 2.64. The highest BCUT2D eigenvalue weighted by Gasteiger charge is 2.63. The van der Waals surface area contributed by atoms with E-state index < -0.39 is 8.56 Å². The van der Waals surface area contributed by atoms with Crippen molar-refractivity contribution in [2.75, 3.05) is 14.2 Å². The van der Waals surface area contributed by atoms with Gasteiger partial charge in [0, 0.05) is 19.3 Å². The van der Waals surface area contributed by atoms with Crippen LogP contribution in [0.3, 0.4) is 0 Å². The standard InChI is InChI=1S/C18H38O2Si/c1-9-16(10-2)14-21(19-7,20-8)18(6)13-11-12-15(3)17(18,4)5/h15-16H,9-14H2,1-8H3. The molecule has 2 atom stereocenters. The lowest BCUT2D eigenvalue weighted by atomic mass is 9.63. The minimum Gasteiger partial charge on any atom is -0.397 e. The van der Waals surface area contributed by atoms with Gasteiger partial charge in [-0.3, -0.25) is 0 Å². The molecule has 0 aromatic carbocycles. The first kappa shape index (κ1) is 19.2. The zero-order valence-electron chi connectivity index (χ0n) is 15.7. The van der Waals surface area contributed by atoms with Crippen molar-refractivity contribution in [3.8, 4) is 0 Å². The van der Waals surface area contributed by atoms with E-state index in [4.69, 9.17) is 8.85 Å². The summed E-state index contributed by atoms with van der Waals surface area (Å²) in [5, 5.41) is 0.184. The van der Waals surface area contributed by atoms with E-state index >= 15 is 0 Å². The van der Waals surface area contributed by atoms with Crippen LogP contribution in [0.25, 0.3) is 0 Å². The third kappa shape index (κ3) is 3.11. The Bertz CT molecular complexity index is 321. The van der Waals surface area contributed by atoms with Gasteiger partial charge < -0.3 is 8.85 Å². The quantitative estimate of drug-likeness (QED) is 0.556. The van der Waals surface area contributed by atoms with E-state index in [-0.39, 0.29) is 10.5 Å². The van der Waals surface area contributed by atoms with Crippen molar-refractivity contribution in [1.82, 2.24) is 0 Å². The summed E-state index contributed by atoms with van der Waals surface area (Å²) in [5.74, 6) is 1.46. The molecule has 1 rings (SSSR count). The van der Waals surface area contributed by atoms with Gasteiger partial charge in [0.15, 0.2) is 0 Å². The van der Waals surface area contributed by atoms with E-state index in [0.717, 1.165) is 17.9 Å². The molecule has 0 heterocycles. The number of rotatable bonds is 7. The van der Waals surface area contributed by atoms with E-state index in [1.54, 1.807) is 0 Å². The van der Waals surface area contributed by atoms with Gasteiger partial charge in [0.05, 0.1) is 0 Å². The van der Waals surface area contributed by atoms with Gasteiger partial charge in [0.2, 0.25) is 0 Å². The lowest BCUT2D eigenvalue weighted by molar-refractivity contribution is 0.0466. The van der Waals surface area contributed by atoms with Crippen molar-refractivity contribution in [2.24, 2.45) is 17.3 Å². The van der Waals surface area contributed by atoms with Gasteiger partial charge in [-0.2, -0.15) is 0 Å². The Balaban J connectivity index is 3.23. The molecular formula is C18H38O2Si.